The number of hydrogen-bond donors (Lipinski definition) is 2. The maximum absolute atomic E-state index is 11.8. The third-order valence-electron chi connectivity index (χ3n) is 2.36. The summed E-state index contributed by atoms with van der Waals surface area (Å²) in [6.07, 6.45) is 0.299. The Labute approximate surface area is 108 Å². The van der Waals surface area contributed by atoms with E-state index in [9.17, 15) is 9.59 Å². The number of hydrogen-bond acceptors (Lipinski definition) is 2. The van der Waals surface area contributed by atoms with Crippen LogP contribution >= 0.6 is 23.2 Å². The van der Waals surface area contributed by atoms with Crippen LogP contribution < -0.4 is 5.32 Å². The van der Waals surface area contributed by atoms with Crippen molar-refractivity contribution in [3.8, 4) is 0 Å². The minimum absolute atomic E-state index is 0.222. The molecule has 1 unspecified atom stereocenters. The van der Waals surface area contributed by atoms with Crippen LogP contribution in [0.5, 0.6) is 0 Å². The molecule has 0 aliphatic carbocycles. The maximum Gasteiger partial charge on any atom is 0.326 e. The first-order valence-electron chi connectivity index (χ1n) is 4.92. The van der Waals surface area contributed by atoms with Crippen molar-refractivity contribution in [1.29, 1.82) is 0 Å². The van der Waals surface area contributed by atoms with E-state index in [2.05, 4.69) is 5.32 Å². The first-order chi connectivity index (χ1) is 7.88. The van der Waals surface area contributed by atoms with E-state index in [1.807, 2.05) is 0 Å². The number of carbonyl (C=O) groups excluding carboxylic acids is 1. The molecule has 0 saturated carbocycles. The second-order valence-electron chi connectivity index (χ2n) is 3.50. The van der Waals surface area contributed by atoms with Gasteiger partial charge in [-0.3, -0.25) is 4.79 Å². The molecule has 0 aliphatic heterocycles. The van der Waals surface area contributed by atoms with Crippen molar-refractivity contribution in [2.45, 2.75) is 19.4 Å². The zero-order chi connectivity index (χ0) is 13.2. The molecular formula is C10H12Cl2N2O3. The van der Waals surface area contributed by atoms with Gasteiger partial charge in [-0.25, -0.2) is 4.79 Å². The van der Waals surface area contributed by atoms with E-state index in [-0.39, 0.29) is 15.9 Å². The van der Waals surface area contributed by atoms with Crippen molar-refractivity contribution < 1.29 is 14.7 Å². The molecule has 1 heterocycles. The Morgan fingerprint density at radius 1 is 1.53 bits per heavy atom. The Hall–Kier alpha value is -1.20. The molecule has 1 aromatic heterocycles. The fourth-order valence-electron chi connectivity index (χ4n) is 1.33. The topological polar surface area (TPSA) is 71.3 Å². The molecule has 5 nitrogen and oxygen atoms in total. The van der Waals surface area contributed by atoms with Crippen LogP contribution in [-0.4, -0.2) is 27.6 Å². The molecule has 17 heavy (non-hydrogen) atoms. The third kappa shape index (κ3) is 2.92. The molecule has 1 amide bonds. The quantitative estimate of drug-likeness (QED) is 0.884. The lowest BCUT2D eigenvalue weighted by atomic mass is 10.2. The number of nitrogens with one attached hydrogen (secondary N) is 1. The predicted molar refractivity (Wildman–Crippen MR) is 64.6 cm³/mol. The molecule has 0 saturated heterocycles. The van der Waals surface area contributed by atoms with Crippen molar-refractivity contribution in [3.05, 3.63) is 21.9 Å². The summed E-state index contributed by atoms with van der Waals surface area (Å²) < 4.78 is 1.40. The van der Waals surface area contributed by atoms with Gasteiger partial charge in [0, 0.05) is 7.05 Å². The number of aromatic nitrogens is 1. The third-order valence-corrected chi connectivity index (χ3v) is 3.20. The second-order valence-corrected chi connectivity index (χ2v) is 4.27. The predicted octanol–water partition coefficient (Wildman–Crippen LogP) is 1.92. The standard InChI is InChI=1S/C10H12Cl2N2O3/c1-3-6(10(16)17)13-9(15)7-4-5(11)8(12)14(7)2/h4,6H,3H2,1-2H3,(H,13,15)(H,16,17). The number of nitrogens with zero attached hydrogens (tertiary/aromatic N) is 1. The van der Waals surface area contributed by atoms with Crippen molar-refractivity contribution in [2.75, 3.05) is 0 Å². The van der Waals surface area contributed by atoms with E-state index in [1.54, 1.807) is 14.0 Å². The average molecular weight is 279 g/mol. The number of carboxylic acids is 1. The van der Waals surface area contributed by atoms with Crippen LogP contribution in [0.2, 0.25) is 10.2 Å². The summed E-state index contributed by atoms with van der Waals surface area (Å²) in [5.41, 5.74) is 0.222. The Kier molecular flexibility index (Phi) is 4.42. The molecule has 0 radical (unpaired) electrons. The summed E-state index contributed by atoms with van der Waals surface area (Å²) in [4.78, 5) is 22.6. The SMILES string of the molecule is CCC(NC(=O)c1cc(Cl)c(Cl)n1C)C(=O)O. The second kappa shape index (κ2) is 5.42. The highest BCUT2D eigenvalue weighted by atomic mass is 35.5. The summed E-state index contributed by atoms with van der Waals surface area (Å²) in [5, 5.41) is 11.7. The molecule has 0 bridgehead atoms. The van der Waals surface area contributed by atoms with E-state index in [1.165, 1.54) is 10.6 Å². The van der Waals surface area contributed by atoms with E-state index in [4.69, 9.17) is 28.3 Å². The van der Waals surface area contributed by atoms with E-state index in [0.29, 0.717) is 6.42 Å². The van der Waals surface area contributed by atoms with Crippen LogP contribution in [-0.2, 0) is 11.8 Å². The minimum atomic E-state index is -1.08. The van der Waals surface area contributed by atoms with Gasteiger partial charge in [-0.05, 0) is 12.5 Å². The fraction of sp³-hybridized carbons (Fsp3) is 0.400. The van der Waals surface area contributed by atoms with Crippen LogP contribution in [0, 0.1) is 0 Å². The summed E-state index contributed by atoms with van der Waals surface area (Å²) in [7, 11) is 1.57. The number of amides is 1. The van der Waals surface area contributed by atoms with E-state index >= 15 is 0 Å². The molecular weight excluding hydrogens is 267 g/mol. The highest BCUT2D eigenvalue weighted by Gasteiger charge is 2.21. The smallest absolute Gasteiger partial charge is 0.326 e. The fourth-order valence-corrected chi connectivity index (χ4v) is 1.71. The van der Waals surface area contributed by atoms with Gasteiger partial charge in [0.15, 0.2) is 0 Å². The zero-order valence-corrected chi connectivity index (χ0v) is 10.8. The van der Waals surface area contributed by atoms with Gasteiger partial charge in [0.05, 0.1) is 5.02 Å². The first-order valence-corrected chi connectivity index (χ1v) is 5.68. The van der Waals surface area contributed by atoms with Crippen LogP contribution in [0.15, 0.2) is 6.07 Å². The van der Waals surface area contributed by atoms with E-state index in [0.717, 1.165) is 0 Å². The van der Waals surface area contributed by atoms with Gasteiger partial charge in [-0.15, -0.1) is 0 Å². The lowest BCUT2D eigenvalue weighted by Crippen LogP contribution is -2.40. The molecule has 1 rings (SSSR count). The van der Waals surface area contributed by atoms with Gasteiger partial charge in [-0.2, -0.15) is 0 Å². The number of halogens is 2. The normalized spacial score (nSPS) is 12.2. The Bertz CT molecular complexity index is 457. The van der Waals surface area contributed by atoms with Gasteiger partial charge in [0.1, 0.15) is 16.9 Å². The molecule has 0 aromatic carbocycles. The van der Waals surface area contributed by atoms with Crippen LogP contribution in [0.3, 0.4) is 0 Å². The molecule has 94 valence electrons. The highest BCUT2D eigenvalue weighted by Crippen LogP contribution is 2.25. The minimum Gasteiger partial charge on any atom is -0.480 e. The van der Waals surface area contributed by atoms with Crippen LogP contribution in [0.4, 0.5) is 0 Å². The van der Waals surface area contributed by atoms with E-state index < -0.39 is 17.9 Å². The average Bonchev–Trinajstić information content (AvgIpc) is 2.53. The molecule has 0 fully saturated rings. The Morgan fingerprint density at radius 3 is 2.47 bits per heavy atom. The first kappa shape index (κ1) is 13.9. The van der Waals surface area contributed by atoms with Gasteiger partial charge < -0.3 is 15.0 Å². The summed E-state index contributed by atoms with van der Waals surface area (Å²) in [6.45, 7) is 1.67. The summed E-state index contributed by atoms with van der Waals surface area (Å²) in [5.74, 6) is -1.59. The van der Waals surface area contributed by atoms with Crippen molar-refractivity contribution in [1.82, 2.24) is 9.88 Å². The van der Waals surface area contributed by atoms with Crippen molar-refractivity contribution >= 4 is 35.1 Å². The number of carbonyl (C=O) groups is 2. The van der Waals surface area contributed by atoms with Gasteiger partial charge >= 0.3 is 5.97 Å². The summed E-state index contributed by atoms with van der Waals surface area (Å²) >= 11 is 11.6. The number of aliphatic carboxylic acids is 1. The highest BCUT2D eigenvalue weighted by molar-refractivity contribution is 6.41. The number of carboxylic acid groups (broad SMARTS) is 1. The molecule has 7 heteroatoms. The molecule has 1 atom stereocenters. The molecule has 0 aliphatic rings. The Balaban J connectivity index is 2.90. The van der Waals surface area contributed by atoms with Gasteiger partial charge in [0.2, 0.25) is 0 Å². The van der Waals surface area contributed by atoms with Crippen LogP contribution in [0.25, 0.3) is 0 Å². The molecule has 0 spiro atoms. The Morgan fingerprint density at radius 2 is 2.12 bits per heavy atom. The molecule has 2 N–H and O–H groups in total. The van der Waals surface area contributed by atoms with Crippen LogP contribution in [0.1, 0.15) is 23.8 Å². The lowest BCUT2D eigenvalue weighted by Gasteiger charge is -2.12. The monoisotopic (exact) mass is 278 g/mol. The summed E-state index contributed by atoms with van der Waals surface area (Å²) in [6, 6.07) is 0.475. The van der Waals surface area contributed by atoms with Crippen molar-refractivity contribution in [2.24, 2.45) is 7.05 Å². The maximum atomic E-state index is 11.8. The number of rotatable bonds is 4. The van der Waals surface area contributed by atoms with Gasteiger partial charge in [-0.1, -0.05) is 30.1 Å². The van der Waals surface area contributed by atoms with Gasteiger partial charge in [0.25, 0.3) is 5.91 Å². The van der Waals surface area contributed by atoms with Crippen molar-refractivity contribution in [3.63, 3.8) is 0 Å². The molecule has 1 aromatic rings. The lowest BCUT2D eigenvalue weighted by molar-refractivity contribution is -0.139. The largest absolute Gasteiger partial charge is 0.480 e. The zero-order valence-electron chi connectivity index (χ0n) is 9.33.